The average molecular weight is 516 g/mol. The first-order valence-electron chi connectivity index (χ1n) is 8.47. The third-order valence-corrected chi connectivity index (χ3v) is 5.93. The molecule has 0 spiro atoms. The summed E-state index contributed by atoms with van der Waals surface area (Å²) in [6.07, 6.45) is -4.73. The van der Waals surface area contributed by atoms with Gasteiger partial charge < -0.3 is 5.32 Å². The zero-order chi connectivity index (χ0) is 21.5. The van der Waals surface area contributed by atoms with Crippen molar-refractivity contribution in [2.45, 2.75) is 12.7 Å². The second-order valence-corrected chi connectivity index (χ2v) is 8.52. The van der Waals surface area contributed by atoms with Crippen molar-refractivity contribution in [3.8, 4) is 11.3 Å². The van der Waals surface area contributed by atoms with Crippen LogP contribution in [-0.2, 0) is 12.7 Å². The van der Waals surface area contributed by atoms with Crippen LogP contribution in [0, 0.1) is 0 Å². The van der Waals surface area contributed by atoms with Gasteiger partial charge in [0.15, 0.2) is 17.0 Å². The lowest BCUT2D eigenvalue weighted by Gasteiger charge is -2.11. The number of nitrogens with zero attached hydrogens (tertiary/aromatic N) is 3. The molecule has 4 aromatic rings. The second kappa shape index (κ2) is 8.01. The summed E-state index contributed by atoms with van der Waals surface area (Å²) in [7, 11) is 0. The van der Waals surface area contributed by atoms with Gasteiger partial charge in [-0.2, -0.15) is 18.3 Å². The van der Waals surface area contributed by atoms with E-state index in [0.29, 0.717) is 10.1 Å². The zero-order valence-corrected chi connectivity index (χ0v) is 18.0. The molecule has 0 fully saturated rings. The summed E-state index contributed by atoms with van der Waals surface area (Å²) < 4.78 is 42.5. The Hall–Kier alpha value is -2.43. The van der Waals surface area contributed by atoms with Gasteiger partial charge in [0.2, 0.25) is 0 Å². The van der Waals surface area contributed by atoms with E-state index in [4.69, 9.17) is 11.6 Å². The number of aromatic nitrogens is 3. The van der Waals surface area contributed by atoms with Gasteiger partial charge in [0.05, 0.1) is 12.2 Å². The third-order valence-electron chi connectivity index (χ3n) is 4.18. The molecule has 0 radical (unpaired) electrons. The minimum absolute atomic E-state index is 0.0645. The van der Waals surface area contributed by atoms with Gasteiger partial charge >= 0.3 is 6.18 Å². The lowest BCUT2D eigenvalue weighted by molar-refractivity contribution is -0.142. The van der Waals surface area contributed by atoms with Crippen LogP contribution in [0.4, 0.5) is 13.2 Å². The third kappa shape index (κ3) is 4.07. The molecular formula is C19H11BrClF3N4OS. The van der Waals surface area contributed by atoms with Crippen molar-refractivity contribution in [3.63, 3.8) is 0 Å². The Bertz CT molecular complexity index is 1220. The normalized spacial score (nSPS) is 11.8. The van der Waals surface area contributed by atoms with Gasteiger partial charge in [-0.25, -0.2) is 9.50 Å². The van der Waals surface area contributed by atoms with E-state index < -0.39 is 17.8 Å². The molecule has 1 aromatic carbocycles. The molecule has 11 heteroatoms. The van der Waals surface area contributed by atoms with E-state index in [2.05, 4.69) is 31.3 Å². The van der Waals surface area contributed by atoms with E-state index in [1.807, 2.05) is 17.5 Å². The Balaban J connectivity index is 1.80. The van der Waals surface area contributed by atoms with E-state index in [0.717, 1.165) is 15.4 Å². The number of rotatable bonds is 4. The van der Waals surface area contributed by atoms with E-state index in [-0.39, 0.29) is 28.6 Å². The molecule has 1 N–H and O–H groups in total. The number of carbonyl (C=O) groups excluding carboxylic acids is 1. The number of carbonyl (C=O) groups is 1. The molecule has 0 bridgehead atoms. The number of fused-ring (bicyclic) bond motifs is 1. The fourth-order valence-electron chi connectivity index (χ4n) is 2.77. The Kier molecular flexibility index (Phi) is 5.56. The van der Waals surface area contributed by atoms with Crippen LogP contribution in [0.3, 0.4) is 0 Å². The molecule has 4 rings (SSSR count). The average Bonchev–Trinajstić information content (AvgIpc) is 3.33. The van der Waals surface area contributed by atoms with Crippen LogP contribution in [-0.4, -0.2) is 20.5 Å². The van der Waals surface area contributed by atoms with Gasteiger partial charge in [-0.1, -0.05) is 45.7 Å². The summed E-state index contributed by atoms with van der Waals surface area (Å²) in [5, 5.41) is 8.03. The van der Waals surface area contributed by atoms with Crippen LogP contribution in [0.25, 0.3) is 16.9 Å². The summed E-state index contributed by atoms with van der Waals surface area (Å²) in [6, 6.07) is 11.2. The van der Waals surface area contributed by atoms with Gasteiger partial charge in [0.1, 0.15) is 5.02 Å². The van der Waals surface area contributed by atoms with Crippen molar-refractivity contribution in [2.24, 2.45) is 0 Å². The van der Waals surface area contributed by atoms with Crippen LogP contribution in [0.2, 0.25) is 5.02 Å². The summed E-state index contributed by atoms with van der Waals surface area (Å²) >= 11 is 11.0. The molecule has 0 unspecified atom stereocenters. The highest BCUT2D eigenvalue weighted by molar-refractivity contribution is 9.10. The Labute approximate surface area is 185 Å². The number of alkyl halides is 3. The monoisotopic (exact) mass is 514 g/mol. The Morgan fingerprint density at radius 3 is 2.60 bits per heavy atom. The van der Waals surface area contributed by atoms with Crippen molar-refractivity contribution >= 4 is 50.4 Å². The first kappa shape index (κ1) is 20.8. The Morgan fingerprint density at radius 2 is 1.97 bits per heavy atom. The summed E-state index contributed by atoms with van der Waals surface area (Å²) in [5.41, 5.74) is -1.11. The van der Waals surface area contributed by atoms with Crippen LogP contribution in [0.5, 0.6) is 0 Å². The van der Waals surface area contributed by atoms with Crippen molar-refractivity contribution in [2.75, 3.05) is 0 Å². The smallest absolute Gasteiger partial charge is 0.346 e. The number of hydrogen-bond acceptors (Lipinski definition) is 4. The SMILES string of the molecule is O=C(NCc1cccs1)c1nn2c(C(F)(F)F)cc(-c3ccc(Br)cc3)nc2c1Cl. The molecule has 0 aliphatic heterocycles. The standard InChI is InChI=1S/C19H11BrClF3N4OS/c20-11-5-3-10(4-6-11)13-8-14(19(22,23)24)28-17(26-13)15(21)16(27-28)18(29)25-9-12-2-1-7-30-12/h1-8H,9H2,(H,25,29). The maximum Gasteiger partial charge on any atom is 0.433 e. The van der Waals surface area contributed by atoms with Crippen LogP contribution < -0.4 is 5.32 Å². The van der Waals surface area contributed by atoms with Gasteiger partial charge in [-0.05, 0) is 29.6 Å². The fraction of sp³-hybridized carbons (Fsp3) is 0.105. The van der Waals surface area contributed by atoms with Crippen molar-refractivity contribution in [3.05, 3.63) is 73.6 Å². The molecule has 3 heterocycles. The lowest BCUT2D eigenvalue weighted by atomic mass is 10.1. The highest BCUT2D eigenvalue weighted by atomic mass is 79.9. The topological polar surface area (TPSA) is 59.3 Å². The van der Waals surface area contributed by atoms with Crippen molar-refractivity contribution in [1.82, 2.24) is 19.9 Å². The summed E-state index contributed by atoms with van der Waals surface area (Å²) in [4.78, 5) is 17.6. The predicted molar refractivity (Wildman–Crippen MR) is 112 cm³/mol. The van der Waals surface area contributed by atoms with E-state index in [1.54, 1.807) is 24.3 Å². The van der Waals surface area contributed by atoms with E-state index >= 15 is 0 Å². The molecule has 0 saturated carbocycles. The molecule has 0 aliphatic rings. The summed E-state index contributed by atoms with van der Waals surface area (Å²) in [5.74, 6) is -0.683. The fourth-order valence-corrected chi connectivity index (χ4v) is 3.93. The first-order valence-corrected chi connectivity index (χ1v) is 10.5. The van der Waals surface area contributed by atoms with Gasteiger partial charge in [0, 0.05) is 14.9 Å². The van der Waals surface area contributed by atoms with Crippen LogP contribution in [0.15, 0.2) is 52.3 Å². The maximum atomic E-state index is 13.7. The number of benzene rings is 1. The Morgan fingerprint density at radius 1 is 1.23 bits per heavy atom. The van der Waals surface area contributed by atoms with Crippen molar-refractivity contribution < 1.29 is 18.0 Å². The molecule has 154 valence electrons. The molecule has 5 nitrogen and oxygen atoms in total. The molecule has 30 heavy (non-hydrogen) atoms. The van der Waals surface area contributed by atoms with Crippen LogP contribution in [0.1, 0.15) is 21.1 Å². The van der Waals surface area contributed by atoms with Gasteiger partial charge in [-0.3, -0.25) is 4.79 Å². The number of halogens is 5. The number of nitrogens with one attached hydrogen (secondary N) is 1. The minimum atomic E-state index is -4.73. The molecule has 0 atom stereocenters. The van der Waals surface area contributed by atoms with Gasteiger partial charge in [-0.15, -0.1) is 11.3 Å². The highest BCUT2D eigenvalue weighted by Gasteiger charge is 2.36. The highest BCUT2D eigenvalue weighted by Crippen LogP contribution is 2.34. The molecule has 0 aliphatic carbocycles. The summed E-state index contributed by atoms with van der Waals surface area (Å²) in [6.45, 7) is 0.213. The quantitative estimate of drug-likeness (QED) is 0.372. The van der Waals surface area contributed by atoms with Crippen LogP contribution >= 0.6 is 38.9 Å². The minimum Gasteiger partial charge on any atom is -0.346 e. The zero-order valence-electron chi connectivity index (χ0n) is 14.9. The second-order valence-electron chi connectivity index (χ2n) is 6.19. The number of hydrogen-bond donors (Lipinski definition) is 1. The predicted octanol–water partition coefficient (Wildman–Crippen LogP) is 5.82. The molecule has 0 saturated heterocycles. The molecule has 1 amide bonds. The largest absolute Gasteiger partial charge is 0.433 e. The molecule has 3 aromatic heterocycles. The first-order chi connectivity index (χ1) is 14.2. The molecular weight excluding hydrogens is 505 g/mol. The van der Waals surface area contributed by atoms with E-state index in [1.165, 1.54) is 11.3 Å². The van der Waals surface area contributed by atoms with Gasteiger partial charge in [0.25, 0.3) is 5.91 Å². The number of amides is 1. The number of thiophene rings is 1. The van der Waals surface area contributed by atoms with E-state index in [9.17, 15) is 18.0 Å². The van der Waals surface area contributed by atoms with Crippen molar-refractivity contribution in [1.29, 1.82) is 0 Å². The maximum absolute atomic E-state index is 13.7. The lowest BCUT2D eigenvalue weighted by Crippen LogP contribution is -2.23.